The van der Waals surface area contributed by atoms with Gasteiger partial charge >= 0.3 is 0 Å². The van der Waals surface area contributed by atoms with Gasteiger partial charge in [-0.05, 0) is 35.2 Å². The molecule has 1 atom stereocenters. The minimum absolute atomic E-state index is 0.192. The Hall–Kier alpha value is -0.840. The van der Waals surface area contributed by atoms with Gasteiger partial charge in [0.25, 0.3) is 0 Å². The lowest BCUT2D eigenvalue weighted by molar-refractivity contribution is 0.328. The number of hydrogen-bond acceptors (Lipinski definition) is 4. The van der Waals surface area contributed by atoms with Crippen LogP contribution < -0.4 is 10.2 Å². The second kappa shape index (κ2) is 5.87. The zero-order chi connectivity index (χ0) is 13.9. The van der Waals surface area contributed by atoms with Crippen LogP contribution in [0.1, 0.15) is 34.6 Å². The Balaban J connectivity index is 3.04. The Morgan fingerprint density at radius 1 is 1.44 bits per heavy atom. The monoisotopic (exact) mass is 314 g/mol. The number of rotatable bonds is 4. The van der Waals surface area contributed by atoms with E-state index in [4.69, 9.17) is 0 Å². The number of nitrogens with one attached hydrogen (secondary N) is 1. The molecule has 0 bridgehead atoms. The molecule has 1 unspecified atom stereocenters. The molecule has 0 amide bonds. The normalized spacial score (nSPS) is 13.3. The van der Waals surface area contributed by atoms with E-state index in [0.717, 1.165) is 16.8 Å². The Morgan fingerprint density at radius 2 is 2.06 bits per heavy atom. The maximum atomic E-state index is 4.55. The fourth-order valence-corrected chi connectivity index (χ4v) is 2.08. The van der Waals surface area contributed by atoms with Gasteiger partial charge in [-0.3, -0.25) is 0 Å². The lowest BCUT2D eigenvalue weighted by Gasteiger charge is -2.36. The second-order valence-corrected chi connectivity index (χ2v) is 6.40. The molecular weight excluding hydrogens is 292 g/mol. The molecule has 1 aromatic heterocycles. The Kier molecular flexibility index (Phi) is 4.96. The van der Waals surface area contributed by atoms with Crippen molar-refractivity contribution in [3.8, 4) is 0 Å². The molecule has 0 aromatic carbocycles. The summed E-state index contributed by atoms with van der Waals surface area (Å²) < 4.78 is 0.919. The van der Waals surface area contributed by atoms with Gasteiger partial charge in [-0.2, -0.15) is 4.98 Å². The molecule has 1 N–H and O–H groups in total. The van der Waals surface area contributed by atoms with E-state index >= 15 is 0 Å². The van der Waals surface area contributed by atoms with Crippen molar-refractivity contribution in [1.82, 2.24) is 9.97 Å². The van der Waals surface area contributed by atoms with Crippen LogP contribution in [-0.2, 0) is 0 Å². The van der Waals surface area contributed by atoms with E-state index in [9.17, 15) is 0 Å². The van der Waals surface area contributed by atoms with Crippen molar-refractivity contribution < 1.29 is 0 Å². The summed E-state index contributed by atoms with van der Waals surface area (Å²) in [5.74, 6) is 1.59. The quantitative estimate of drug-likeness (QED) is 0.923. The zero-order valence-corrected chi connectivity index (χ0v) is 13.7. The molecule has 1 aromatic rings. The van der Waals surface area contributed by atoms with Crippen LogP contribution in [0.15, 0.2) is 10.7 Å². The lowest BCUT2D eigenvalue weighted by Crippen LogP contribution is -2.40. The zero-order valence-electron chi connectivity index (χ0n) is 12.1. The SMILES string of the molecule is CCNc1ncc(Br)c(N(C)C(C)C(C)(C)C)n1. The third-order valence-corrected chi connectivity index (χ3v) is 3.79. The van der Waals surface area contributed by atoms with Crippen molar-refractivity contribution in [3.63, 3.8) is 0 Å². The molecule has 5 heteroatoms. The molecule has 0 saturated heterocycles. The van der Waals surface area contributed by atoms with Gasteiger partial charge in [-0.25, -0.2) is 4.98 Å². The van der Waals surface area contributed by atoms with Gasteiger partial charge in [0, 0.05) is 25.8 Å². The molecule has 18 heavy (non-hydrogen) atoms. The standard InChI is InChI=1S/C13H23BrN4/c1-7-15-12-16-8-10(14)11(17-12)18(6)9(2)13(3,4)5/h8-9H,7H2,1-6H3,(H,15,16,17). The highest BCUT2D eigenvalue weighted by Crippen LogP contribution is 2.30. The smallest absolute Gasteiger partial charge is 0.224 e. The molecule has 0 spiro atoms. The highest BCUT2D eigenvalue weighted by atomic mass is 79.9. The summed E-state index contributed by atoms with van der Waals surface area (Å²) in [6.45, 7) is 11.8. The first kappa shape index (κ1) is 15.2. The average Bonchev–Trinajstić information content (AvgIpc) is 2.29. The van der Waals surface area contributed by atoms with Crippen LogP contribution in [0.2, 0.25) is 0 Å². The van der Waals surface area contributed by atoms with Gasteiger partial charge in [0.2, 0.25) is 5.95 Å². The Bertz CT molecular complexity index is 400. The highest BCUT2D eigenvalue weighted by molar-refractivity contribution is 9.10. The van der Waals surface area contributed by atoms with E-state index in [-0.39, 0.29) is 5.41 Å². The number of nitrogens with zero attached hydrogens (tertiary/aromatic N) is 3. The van der Waals surface area contributed by atoms with Crippen molar-refractivity contribution in [3.05, 3.63) is 10.7 Å². The maximum absolute atomic E-state index is 4.55. The average molecular weight is 315 g/mol. The number of hydrogen-bond donors (Lipinski definition) is 1. The first-order valence-corrected chi connectivity index (χ1v) is 7.06. The third-order valence-electron chi connectivity index (χ3n) is 3.23. The number of halogens is 1. The predicted molar refractivity (Wildman–Crippen MR) is 81.2 cm³/mol. The molecular formula is C13H23BrN4. The van der Waals surface area contributed by atoms with Crippen LogP contribution in [-0.4, -0.2) is 29.6 Å². The number of aromatic nitrogens is 2. The predicted octanol–water partition coefficient (Wildman–Crippen LogP) is 3.54. The van der Waals surface area contributed by atoms with E-state index < -0.39 is 0 Å². The van der Waals surface area contributed by atoms with Crippen LogP contribution in [0.5, 0.6) is 0 Å². The van der Waals surface area contributed by atoms with E-state index in [1.807, 2.05) is 6.92 Å². The summed E-state index contributed by atoms with van der Waals surface area (Å²) in [4.78, 5) is 11.0. The van der Waals surface area contributed by atoms with Gasteiger partial charge in [0.05, 0.1) is 4.47 Å². The highest BCUT2D eigenvalue weighted by Gasteiger charge is 2.26. The largest absolute Gasteiger partial charge is 0.355 e. The van der Waals surface area contributed by atoms with Crippen molar-refractivity contribution in [2.45, 2.75) is 40.7 Å². The van der Waals surface area contributed by atoms with Crippen molar-refractivity contribution in [2.24, 2.45) is 5.41 Å². The minimum atomic E-state index is 0.192. The molecule has 102 valence electrons. The van der Waals surface area contributed by atoms with Crippen molar-refractivity contribution in [1.29, 1.82) is 0 Å². The second-order valence-electron chi connectivity index (χ2n) is 5.55. The molecule has 1 heterocycles. The Labute approximate surface area is 118 Å². The van der Waals surface area contributed by atoms with Crippen LogP contribution >= 0.6 is 15.9 Å². The van der Waals surface area contributed by atoms with Gasteiger partial charge < -0.3 is 10.2 Å². The van der Waals surface area contributed by atoms with Crippen LogP contribution in [0.25, 0.3) is 0 Å². The van der Waals surface area contributed by atoms with E-state index in [1.165, 1.54) is 0 Å². The summed E-state index contributed by atoms with van der Waals surface area (Å²) in [5.41, 5.74) is 0.192. The Morgan fingerprint density at radius 3 is 2.56 bits per heavy atom. The third kappa shape index (κ3) is 3.57. The lowest BCUT2D eigenvalue weighted by atomic mass is 9.87. The summed E-state index contributed by atoms with van der Waals surface area (Å²) in [7, 11) is 2.07. The number of anilines is 2. The minimum Gasteiger partial charge on any atom is -0.355 e. The van der Waals surface area contributed by atoms with Crippen molar-refractivity contribution >= 4 is 27.7 Å². The van der Waals surface area contributed by atoms with Crippen molar-refractivity contribution in [2.75, 3.05) is 23.8 Å². The van der Waals surface area contributed by atoms with E-state index in [2.05, 4.69) is 70.9 Å². The summed E-state index contributed by atoms with van der Waals surface area (Å²) >= 11 is 3.52. The fourth-order valence-electron chi connectivity index (χ4n) is 1.61. The van der Waals surface area contributed by atoms with Crippen LogP contribution in [0.3, 0.4) is 0 Å². The van der Waals surface area contributed by atoms with E-state index in [0.29, 0.717) is 12.0 Å². The van der Waals surface area contributed by atoms with Gasteiger partial charge in [-0.1, -0.05) is 20.8 Å². The van der Waals surface area contributed by atoms with Gasteiger partial charge in [-0.15, -0.1) is 0 Å². The van der Waals surface area contributed by atoms with Gasteiger partial charge in [0.15, 0.2) is 0 Å². The fraction of sp³-hybridized carbons (Fsp3) is 0.692. The summed E-state index contributed by atoms with van der Waals surface area (Å²) in [6, 6.07) is 0.373. The topological polar surface area (TPSA) is 41.1 Å². The molecule has 4 nitrogen and oxygen atoms in total. The first-order chi connectivity index (χ1) is 8.27. The molecule has 0 aliphatic carbocycles. The molecule has 0 aliphatic heterocycles. The van der Waals surface area contributed by atoms with Gasteiger partial charge in [0.1, 0.15) is 5.82 Å². The molecule has 0 radical (unpaired) electrons. The molecule has 1 rings (SSSR count). The molecule has 0 saturated carbocycles. The molecule has 0 aliphatic rings. The van der Waals surface area contributed by atoms with E-state index in [1.54, 1.807) is 6.20 Å². The summed E-state index contributed by atoms with van der Waals surface area (Å²) in [6.07, 6.45) is 1.80. The summed E-state index contributed by atoms with van der Waals surface area (Å²) in [5, 5.41) is 3.14. The van der Waals surface area contributed by atoms with Crippen LogP contribution in [0.4, 0.5) is 11.8 Å². The first-order valence-electron chi connectivity index (χ1n) is 6.26. The van der Waals surface area contributed by atoms with Crippen LogP contribution in [0, 0.1) is 5.41 Å². The molecule has 0 fully saturated rings. The maximum Gasteiger partial charge on any atom is 0.224 e.